The van der Waals surface area contributed by atoms with Crippen molar-refractivity contribution in [1.82, 2.24) is 5.32 Å². The van der Waals surface area contributed by atoms with Crippen molar-refractivity contribution in [2.45, 2.75) is 19.3 Å². The van der Waals surface area contributed by atoms with E-state index in [0.29, 0.717) is 28.7 Å². The van der Waals surface area contributed by atoms with E-state index in [9.17, 15) is 4.79 Å². The van der Waals surface area contributed by atoms with Crippen molar-refractivity contribution in [3.63, 3.8) is 0 Å². The van der Waals surface area contributed by atoms with Crippen LogP contribution in [0.5, 0.6) is 0 Å². The molecule has 4 heteroatoms. The number of Topliss-reactive ketones (excluding diaryl/α,β-unsaturated/α-hetero) is 1. The van der Waals surface area contributed by atoms with Crippen molar-refractivity contribution in [2.24, 2.45) is 5.92 Å². The zero-order valence-electron chi connectivity index (χ0n) is 10.6. The minimum absolute atomic E-state index is 0.0826. The predicted molar refractivity (Wildman–Crippen MR) is 75.8 cm³/mol. The van der Waals surface area contributed by atoms with E-state index < -0.39 is 0 Å². The summed E-state index contributed by atoms with van der Waals surface area (Å²) in [4.78, 5) is 12.2. The molecule has 0 bridgehead atoms. The zero-order chi connectivity index (χ0) is 13.2. The maximum Gasteiger partial charge on any atom is 0.198 e. The van der Waals surface area contributed by atoms with Gasteiger partial charge in [-0.05, 0) is 44.0 Å². The minimum atomic E-state index is 0.0826. The van der Waals surface area contributed by atoms with E-state index in [1.54, 1.807) is 12.1 Å². The van der Waals surface area contributed by atoms with Gasteiger partial charge >= 0.3 is 0 Å². The lowest BCUT2D eigenvalue weighted by Gasteiger charge is -2.21. The summed E-state index contributed by atoms with van der Waals surface area (Å²) in [6, 6.07) is 7.34. The highest BCUT2D eigenvalue weighted by Crippen LogP contribution is 2.28. The second kappa shape index (κ2) is 5.35. The Hall–Kier alpha value is -1.32. The lowest BCUT2D eigenvalue weighted by Crippen LogP contribution is -2.28. The molecule has 1 saturated heterocycles. The number of hydrogen-bond donors (Lipinski definition) is 1. The number of furan rings is 1. The topological polar surface area (TPSA) is 42.2 Å². The van der Waals surface area contributed by atoms with Crippen LogP contribution in [0.2, 0.25) is 5.02 Å². The van der Waals surface area contributed by atoms with Crippen LogP contribution in [-0.2, 0) is 0 Å². The van der Waals surface area contributed by atoms with Crippen molar-refractivity contribution < 1.29 is 9.21 Å². The molecule has 0 spiro atoms. The van der Waals surface area contributed by atoms with Crippen molar-refractivity contribution >= 4 is 28.4 Å². The van der Waals surface area contributed by atoms with Crippen molar-refractivity contribution in [1.29, 1.82) is 0 Å². The van der Waals surface area contributed by atoms with Gasteiger partial charge in [0, 0.05) is 11.8 Å². The molecule has 1 aliphatic heterocycles. The molecule has 19 heavy (non-hydrogen) atoms. The van der Waals surface area contributed by atoms with Gasteiger partial charge in [0.2, 0.25) is 0 Å². The number of benzene rings is 1. The molecule has 0 aliphatic carbocycles. The first-order valence-electron chi connectivity index (χ1n) is 6.66. The number of ketones is 1. The molecule has 2 heterocycles. The Bertz CT molecular complexity index is 599. The monoisotopic (exact) mass is 277 g/mol. The normalized spacial score (nSPS) is 16.9. The molecule has 2 aromatic rings. The fraction of sp³-hybridized carbons (Fsp3) is 0.400. The number of hydrogen-bond acceptors (Lipinski definition) is 3. The van der Waals surface area contributed by atoms with Gasteiger partial charge in [-0.1, -0.05) is 23.7 Å². The van der Waals surface area contributed by atoms with E-state index in [1.807, 2.05) is 12.1 Å². The van der Waals surface area contributed by atoms with Crippen molar-refractivity contribution in [3.8, 4) is 0 Å². The summed E-state index contributed by atoms with van der Waals surface area (Å²) in [5, 5.41) is 4.75. The Morgan fingerprint density at radius 2 is 2.16 bits per heavy atom. The molecule has 1 N–H and O–H groups in total. The number of nitrogens with one attached hydrogen (secondary N) is 1. The molecular weight excluding hydrogens is 262 g/mol. The SMILES string of the molecule is O=C(CC1CCNCC1)c1cc2cccc(Cl)c2o1. The Morgan fingerprint density at radius 1 is 1.37 bits per heavy atom. The first-order chi connectivity index (χ1) is 9.24. The molecule has 1 aromatic carbocycles. The number of carbonyl (C=O) groups excluding carboxylic acids is 1. The van der Waals surface area contributed by atoms with Gasteiger partial charge in [-0.3, -0.25) is 4.79 Å². The first kappa shape index (κ1) is 12.7. The van der Waals surface area contributed by atoms with Crippen molar-refractivity contribution in [2.75, 3.05) is 13.1 Å². The number of para-hydroxylation sites is 1. The van der Waals surface area contributed by atoms with Crippen molar-refractivity contribution in [3.05, 3.63) is 35.0 Å². The highest BCUT2D eigenvalue weighted by Gasteiger charge is 2.20. The van der Waals surface area contributed by atoms with Crippen LogP contribution in [0, 0.1) is 5.92 Å². The van der Waals surface area contributed by atoms with Crippen LogP contribution >= 0.6 is 11.6 Å². The summed E-state index contributed by atoms with van der Waals surface area (Å²) in [5.41, 5.74) is 0.609. The van der Waals surface area contributed by atoms with E-state index in [2.05, 4.69) is 5.32 Å². The third-order valence-corrected chi connectivity index (χ3v) is 4.00. The summed E-state index contributed by atoms with van der Waals surface area (Å²) in [6.07, 6.45) is 2.69. The van der Waals surface area contributed by atoms with E-state index in [0.717, 1.165) is 31.3 Å². The number of rotatable bonds is 3. The molecular formula is C15H16ClNO2. The van der Waals surface area contributed by atoms with Gasteiger partial charge in [0.15, 0.2) is 17.1 Å². The summed E-state index contributed by atoms with van der Waals surface area (Å²) in [7, 11) is 0. The number of carbonyl (C=O) groups is 1. The predicted octanol–water partition coefficient (Wildman–Crippen LogP) is 3.66. The van der Waals surface area contributed by atoms with Crippen LogP contribution in [0.1, 0.15) is 29.8 Å². The van der Waals surface area contributed by atoms with Crippen LogP contribution in [-0.4, -0.2) is 18.9 Å². The Kier molecular flexibility index (Phi) is 3.58. The van der Waals surface area contributed by atoms with Crippen LogP contribution in [0.3, 0.4) is 0 Å². The van der Waals surface area contributed by atoms with Crippen LogP contribution < -0.4 is 5.32 Å². The maximum absolute atomic E-state index is 12.2. The lowest BCUT2D eigenvalue weighted by molar-refractivity contribution is 0.0927. The largest absolute Gasteiger partial charge is 0.451 e. The molecule has 0 amide bonds. The van der Waals surface area contributed by atoms with E-state index >= 15 is 0 Å². The van der Waals surface area contributed by atoms with Gasteiger partial charge in [-0.25, -0.2) is 0 Å². The minimum Gasteiger partial charge on any atom is -0.451 e. The summed E-state index contributed by atoms with van der Waals surface area (Å²) in [5.74, 6) is 0.984. The molecule has 0 radical (unpaired) electrons. The van der Waals surface area contributed by atoms with Crippen LogP contribution in [0.15, 0.2) is 28.7 Å². The summed E-state index contributed by atoms with van der Waals surface area (Å²) < 4.78 is 5.61. The highest BCUT2D eigenvalue weighted by molar-refractivity contribution is 6.34. The smallest absolute Gasteiger partial charge is 0.198 e. The standard InChI is InChI=1S/C15H16ClNO2/c16-12-3-1-2-11-9-14(19-15(11)12)13(18)8-10-4-6-17-7-5-10/h1-3,9-10,17H,4-8H2. The average molecular weight is 278 g/mol. The zero-order valence-corrected chi connectivity index (χ0v) is 11.4. The van der Waals surface area contributed by atoms with Gasteiger partial charge in [-0.2, -0.15) is 0 Å². The van der Waals surface area contributed by atoms with E-state index in [1.165, 1.54) is 0 Å². The van der Waals surface area contributed by atoms with E-state index in [4.69, 9.17) is 16.0 Å². The fourth-order valence-electron chi connectivity index (χ4n) is 2.61. The third kappa shape index (κ3) is 2.67. The Balaban J connectivity index is 1.79. The fourth-order valence-corrected chi connectivity index (χ4v) is 2.83. The number of fused-ring (bicyclic) bond motifs is 1. The summed E-state index contributed by atoms with van der Waals surface area (Å²) >= 11 is 6.05. The van der Waals surface area contributed by atoms with E-state index in [-0.39, 0.29) is 5.78 Å². The van der Waals surface area contributed by atoms with Gasteiger partial charge < -0.3 is 9.73 Å². The summed E-state index contributed by atoms with van der Waals surface area (Å²) in [6.45, 7) is 2.01. The van der Waals surface area contributed by atoms with Gasteiger partial charge in [-0.15, -0.1) is 0 Å². The molecule has 0 unspecified atom stereocenters. The molecule has 0 atom stereocenters. The maximum atomic E-state index is 12.2. The van der Waals surface area contributed by atoms with Gasteiger partial charge in [0.1, 0.15) is 0 Å². The molecule has 1 fully saturated rings. The highest BCUT2D eigenvalue weighted by atomic mass is 35.5. The number of piperidine rings is 1. The number of halogens is 1. The van der Waals surface area contributed by atoms with Crippen LogP contribution in [0.25, 0.3) is 11.0 Å². The molecule has 1 aromatic heterocycles. The average Bonchev–Trinajstić information content (AvgIpc) is 2.85. The molecule has 0 saturated carbocycles. The molecule has 1 aliphatic rings. The quantitative estimate of drug-likeness (QED) is 0.871. The molecule has 100 valence electrons. The second-order valence-electron chi connectivity index (χ2n) is 5.09. The van der Waals surface area contributed by atoms with Crippen LogP contribution in [0.4, 0.5) is 0 Å². The third-order valence-electron chi connectivity index (χ3n) is 3.70. The molecule has 3 nitrogen and oxygen atoms in total. The van der Waals surface area contributed by atoms with Gasteiger partial charge in [0.05, 0.1) is 5.02 Å². The second-order valence-corrected chi connectivity index (χ2v) is 5.50. The first-order valence-corrected chi connectivity index (χ1v) is 7.04. The lowest BCUT2D eigenvalue weighted by atomic mass is 9.92. The Morgan fingerprint density at radius 3 is 2.89 bits per heavy atom. The van der Waals surface area contributed by atoms with Gasteiger partial charge in [0.25, 0.3) is 0 Å². The molecule has 3 rings (SSSR count). The Labute approximate surface area is 116 Å².